The van der Waals surface area contributed by atoms with Crippen molar-refractivity contribution in [2.75, 3.05) is 7.11 Å². The number of hydrogen-bond donors (Lipinski definition) is 1. The van der Waals surface area contributed by atoms with E-state index in [1.807, 2.05) is 0 Å². The number of aromatic nitrogens is 1. The quantitative estimate of drug-likeness (QED) is 0.713. The van der Waals surface area contributed by atoms with Crippen LogP contribution in [-0.4, -0.2) is 18.4 Å². The van der Waals surface area contributed by atoms with Gasteiger partial charge in [-0.2, -0.15) is 13.2 Å². The highest BCUT2D eigenvalue weighted by molar-refractivity contribution is 6.05. The maximum absolute atomic E-state index is 12.9. The Balaban J connectivity index is 2.29. The molecule has 3 aromatic rings. The van der Waals surface area contributed by atoms with E-state index in [9.17, 15) is 18.0 Å². The number of nitrogens with one attached hydrogen (secondary N) is 1. The molecule has 0 fully saturated rings. The molecule has 0 saturated carbocycles. The standard InChI is InChI=1S/C17H12F3NO2/c1-23-15-5-3-2-4-11(15)16-13(9-22)12-8-10(17(18,19)20)6-7-14(12)21-16/h2-9,21H,1H3. The second kappa shape index (κ2) is 5.46. The molecule has 0 bridgehead atoms. The summed E-state index contributed by atoms with van der Waals surface area (Å²) in [4.78, 5) is 14.5. The molecule has 6 heteroatoms. The van der Waals surface area contributed by atoms with Crippen LogP contribution in [0.25, 0.3) is 22.2 Å². The van der Waals surface area contributed by atoms with E-state index in [1.54, 1.807) is 24.3 Å². The van der Waals surface area contributed by atoms with Crippen molar-refractivity contribution in [3.63, 3.8) is 0 Å². The lowest BCUT2D eigenvalue weighted by Gasteiger charge is -2.07. The van der Waals surface area contributed by atoms with Gasteiger partial charge in [0, 0.05) is 22.0 Å². The Bertz CT molecular complexity index is 881. The largest absolute Gasteiger partial charge is 0.496 e. The summed E-state index contributed by atoms with van der Waals surface area (Å²) >= 11 is 0. The third-order valence-electron chi connectivity index (χ3n) is 3.66. The molecule has 1 heterocycles. The molecule has 0 atom stereocenters. The first-order valence-electron chi connectivity index (χ1n) is 6.77. The second-order valence-corrected chi connectivity index (χ2v) is 4.99. The maximum Gasteiger partial charge on any atom is 0.416 e. The Morgan fingerprint density at radius 1 is 1.13 bits per heavy atom. The Morgan fingerprint density at radius 3 is 2.52 bits per heavy atom. The van der Waals surface area contributed by atoms with Crippen LogP contribution in [0.2, 0.25) is 0 Å². The van der Waals surface area contributed by atoms with Crippen molar-refractivity contribution < 1.29 is 22.7 Å². The average Bonchev–Trinajstić information content (AvgIpc) is 2.91. The maximum atomic E-state index is 12.9. The molecule has 0 amide bonds. The molecule has 0 unspecified atom stereocenters. The number of halogens is 3. The Hall–Kier alpha value is -2.76. The van der Waals surface area contributed by atoms with Crippen molar-refractivity contribution in [2.24, 2.45) is 0 Å². The van der Waals surface area contributed by atoms with E-state index < -0.39 is 11.7 Å². The van der Waals surface area contributed by atoms with Gasteiger partial charge in [0.15, 0.2) is 6.29 Å². The lowest BCUT2D eigenvalue weighted by atomic mass is 10.0. The van der Waals surface area contributed by atoms with Gasteiger partial charge in [-0.15, -0.1) is 0 Å². The Labute approximate surface area is 129 Å². The topological polar surface area (TPSA) is 42.1 Å². The fourth-order valence-electron chi connectivity index (χ4n) is 2.58. The first kappa shape index (κ1) is 15.1. The third kappa shape index (κ3) is 2.56. The summed E-state index contributed by atoms with van der Waals surface area (Å²) in [5.74, 6) is 0.526. The van der Waals surface area contributed by atoms with Gasteiger partial charge >= 0.3 is 6.18 Å². The van der Waals surface area contributed by atoms with Crippen molar-refractivity contribution in [3.05, 3.63) is 53.6 Å². The minimum absolute atomic E-state index is 0.176. The van der Waals surface area contributed by atoms with Crippen molar-refractivity contribution in [2.45, 2.75) is 6.18 Å². The fraction of sp³-hybridized carbons (Fsp3) is 0.118. The number of para-hydroxylation sites is 1. The number of ether oxygens (including phenoxy) is 1. The summed E-state index contributed by atoms with van der Waals surface area (Å²) in [6, 6.07) is 10.3. The van der Waals surface area contributed by atoms with Crippen LogP contribution in [0, 0.1) is 0 Å². The van der Waals surface area contributed by atoms with E-state index in [0.29, 0.717) is 28.8 Å². The molecule has 1 aromatic heterocycles. The van der Waals surface area contributed by atoms with Crippen LogP contribution < -0.4 is 4.74 Å². The van der Waals surface area contributed by atoms with Gasteiger partial charge in [-0.05, 0) is 30.3 Å². The zero-order valence-electron chi connectivity index (χ0n) is 12.1. The predicted molar refractivity (Wildman–Crippen MR) is 80.7 cm³/mol. The van der Waals surface area contributed by atoms with Crippen molar-refractivity contribution in [1.29, 1.82) is 0 Å². The number of carbonyl (C=O) groups is 1. The van der Waals surface area contributed by atoms with E-state index >= 15 is 0 Å². The average molecular weight is 319 g/mol. The lowest BCUT2D eigenvalue weighted by molar-refractivity contribution is -0.137. The molecule has 3 rings (SSSR count). The molecular weight excluding hydrogens is 307 g/mol. The molecule has 0 aliphatic heterocycles. The van der Waals surface area contributed by atoms with Gasteiger partial charge in [0.05, 0.1) is 18.4 Å². The molecular formula is C17H12F3NO2. The van der Waals surface area contributed by atoms with Gasteiger partial charge in [0.1, 0.15) is 5.75 Å². The summed E-state index contributed by atoms with van der Waals surface area (Å²) in [6.45, 7) is 0. The molecule has 0 aliphatic rings. The van der Waals surface area contributed by atoms with Gasteiger partial charge in [-0.25, -0.2) is 0 Å². The summed E-state index contributed by atoms with van der Waals surface area (Å²) < 4.78 is 43.9. The number of H-pyrrole nitrogens is 1. The summed E-state index contributed by atoms with van der Waals surface area (Å²) in [7, 11) is 1.49. The number of methoxy groups -OCH3 is 1. The SMILES string of the molecule is COc1ccccc1-c1[nH]c2ccc(C(F)(F)F)cc2c1C=O. The lowest BCUT2D eigenvalue weighted by Crippen LogP contribution is -2.04. The number of alkyl halides is 3. The highest BCUT2D eigenvalue weighted by Gasteiger charge is 2.31. The van der Waals surface area contributed by atoms with Crippen LogP contribution >= 0.6 is 0 Å². The molecule has 0 spiro atoms. The van der Waals surface area contributed by atoms with Crippen LogP contribution in [-0.2, 0) is 6.18 Å². The third-order valence-corrected chi connectivity index (χ3v) is 3.66. The van der Waals surface area contributed by atoms with E-state index in [4.69, 9.17) is 4.74 Å². The van der Waals surface area contributed by atoms with Gasteiger partial charge in [0.2, 0.25) is 0 Å². The number of rotatable bonds is 3. The fourth-order valence-corrected chi connectivity index (χ4v) is 2.58. The first-order valence-corrected chi connectivity index (χ1v) is 6.77. The van der Waals surface area contributed by atoms with Gasteiger partial charge < -0.3 is 9.72 Å². The number of fused-ring (bicyclic) bond motifs is 1. The van der Waals surface area contributed by atoms with Gasteiger partial charge in [-0.3, -0.25) is 4.79 Å². The smallest absolute Gasteiger partial charge is 0.416 e. The molecule has 0 radical (unpaired) electrons. The van der Waals surface area contributed by atoms with Gasteiger partial charge in [-0.1, -0.05) is 12.1 Å². The molecule has 1 N–H and O–H groups in total. The zero-order chi connectivity index (χ0) is 16.6. The molecule has 3 nitrogen and oxygen atoms in total. The summed E-state index contributed by atoms with van der Waals surface area (Å²) in [6.07, 6.45) is -3.91. The van der Waals surface area contributed by atoms with Crippen molar-refractivity contribution in [1.82, 2.24) is 4.98 Å². The molecule has 118 valence electrons. The Morgan fingerprint density at radius 2 is 1.87 bits per heavy atom. The van der Waals surface area contributed by atoms with Crippen LogP contribution in [0.1, 0.15) is 15.9 Å². The molecule has 2 aromatic carbocycles. The van der Waals surface area contributed by atoms with Crippen molar-refractivity contribution >= 4 is 17.2 Å². The van der Waals surface area contributed by atoms with Crippen LogP contribution in [0.4, 0.5) is 13.2 Å². The number of aromatic amines is 1. The number of benzene rings is 2. The van der Waals surface area contributed by atoms with Crippen LogP contribution in [0.5, 0.6) is 5.75 Å². The summed E-state index contributed by atoms with van der Waals surface area (Å²) in [5.41, 5.74) is 0.893. The van der Waals surface area contributed by atoms with E-state index in [0.717, 1.165) is 12.1 Å². The zero-order valence-corrected chi connectivity index (χ0v) is 12.1. The van der Waals surface area contributed by atoms with Gasteiger partial charge in [0.25, 0.3) is 0 Å². The monoisotopic (exact) mass is 319 g/mol. The number of hydrogen-bond acceptors (Lipinski definition) is 2. The summed E-state index contributed by atoms with van der Waals surface area (Å²) in [5, 5.41) is 0.232. The minimum Gasteiger partial charge on any atom is -0.496 e. The molecule has 0 aliphatic carbocycles. The van der Waals surface area contributed by atoms with Crippen LogP contribution in [0.3, 0.4) is 0 Å². The second-order valence-electron chi connectivity index (χ2n) is 4.99. The molecule has 23 heavy (non-hydrogen) atoms. The first-order chi connectivity index (χ1) is 11.0. The number of carbonyl (C=O) groups excluding carboxylic acids is 1. The normalized spacial score (nSPS) is 11.7. The Kier molecular flexibility index (Phi) is 3.60. The van der Waals surface area contributed by atoms with Crippen LogP contribution in [0.15, 0.2) is 42.5 Å². The number of aldehydes is 1. The highest BCUT2D eigenvalue weighted by Crippen LogP contribution is 2.37. The minimum atomic E-state index is -4.46. The predicted octanol–water partition coefficient (Wildman–Crippen LogP) is 4.67. The van der Waals surface area contributed by atoms with E-state index in [1.165, 1.54) is 13.2 Å². The van der Waals surface area contributed by atoms with E-state index in [-0.39, 0.29) is 10.9 Å². The molecule has 0 saturated heterocycles. The van der Waals surface area contributed by atoms with Crippen molar-refractivity contribution in [3.8, 4) is 17.0 Å². The highest BCUT2D eigenvalue weighted by atomic mass is 19.4. The van der Waals surface area contributed by atoms with E-state index in [2.05, 4.69) is 4.98 Å².